The number of halogens is 2. The number of aromatic nitrogens is 3. The van der Waals surface area contributed by atoms with Crippen LogP contribution in [0, 0.1) is 10.1 Å². The molecule has 8 nitrogen and oxygen atoms in total. The molecule has 0 saturated heterocycles. The minimum Gasteiger partial charge on any atom is -0.358 e. The summed E-state index contributed by atoms with van der Waals surface area (Å²) in [5.41, 5.74) is 0.747. The highest BCUT2D eigenvalue weighted by atomic mass is 79.9. The monoisotopic (exact) mass is 395 g/mol. The Morgan fingerprint density at radius 1 is 1.39 bits per heavy atom. The van der Waals surface area contributed by atoms with Gasteiger partial charge in [0.1, 0.15) is 0 Å². The SMILES string of the molecule is O=C(Nc1ccc(Br)c2cccnc12)c1n[nH]c([N+](=O)[O-])c1Cl. The van der Waals surface area contributed by atoms with Crippen molar-refractivity contribution in [2.75, 3.05) is 5.32 Å². The maximum absolute atomic E-state index is 12.3. The number of anilines is 1. The van der Waals surface area contributed by atoms with Crippen molar-refractivity contribution < 1.29 is 9.72 Å². The number of benzene rings is 1. The lowest BCUT2D eigenvalue weighted by molar-refractivity contribution is -0.389. The third-order valence-electron chi connectivity index (χ3n) is 3.05. The van der Waals surface area contributed by atoms with Gasteiger partial charge in [-0.05, 0) is 23.1 Å². The molecule has 0 fully saturated rings. The van der Waals surface area contributed by atoms with E-state index in [0.29, 0.717) is 11.2 Å². The molecule has 0 atom stereocenters. The first-order valence-corrected chi connectivity index (χ1v) is 7.39. The fourth-order valence-corrected chi connectivity index (χ4v) is 2.70. The summed E-state index contributed by atoms with van der Waals surface area (Å²) < 4.78 is 0.826. The zero-order valence-corrected chi connectivity index (χ0v) is 13.6. The molecule has 1 amide bonds. The molecule has 0 saturated carbocycles. The first kappa shape index (κ1) is 15.4. The number of H-pyrrole nitrogens is 1. The summed E-state index contributed by atoms with van der Waals surface area (Å²) in [4.78, 5) is 26.5. The second-order valence-electron chi connectivity index (χ2n) is 4.44. The Bertz CT molecular complexity index is 943. The van der Waals surface area contributed by atoms with Crippen molar-refractivity contribution >= 4 is 55.8 Å². The van der Waals surface area contributed by atoms with E-state index < -0.39 is 16.6 Å². The van der Waals surface area contributed by atoms with Gasteiger partial charge in [-0.3, -0.25) is 9.78 Å². The Kier molecular flexibility index (Phi) is 3.97. The lowest BCUT2D eigenvalue weighted by Crippen LogP contribution is -2.13. The molecule has 10 heteroatoms. The third-order valence-corrected chi connectivity index (χ3v) is 4.10. The summed E-state index contributed by atoms with van der Waals surface area (Å²) in [5, 5.41) is 19.5. The van der Waals surface area contributed by atoms with Crippen LogP contribution in [-0.2, 0) is 0 Å². The molecule has 0 unspecified atom stereocenters. The van der Waals surface area contributed by atoms with E-state index in [-0.39, 0.29) is 10.7 Å². The standard InChI is InChI=1S/C13H7BrClN5O3/c14-7-3-4-8(10-6(7)2-1-5-16-10)17-13(21)11-9(15)12(19-18-11)20(22)23/h1-5H,(H,17,21)(H,18,19). The summed E-state index contributed by atoms with van der Waals surface area (Å²) in [7, 11) is 0. The number of nitro groups is 1. The first-order valence-electron chi connectivity index (χ1n) is 6.22. The van der Waals surface area contributed by atoms with Crippen LogP contribution in [0.1, 0.15) is 10.5 Å². The molecule has 0 spiro atoms. The van der Waals surface area contributed by atoms with Crippen LogP contribution in [0.5, 0.6) is 0 Å². The van der Waals surface area contributed by atoms with Gasteiger partial charge in [0.2, 0.25) is 0 Å². The number of amides is 1. The van der Waals surface area contributed by atoms with E-state index in [4.69, 9.17) is 11.6 Å². The topological polar surface area (TPSA) is 114 Å². The number of fused-ring (bicyclic) bond motifs is 1. The van der Waals surface area contributed by atoms with Gasteiger partial charge in [0.15, 0.2) is 10.7 Å². The number of nitrogens with one attached hydrogen (secondary N) is 2. The van der Waals surface area contributed by atoms with E-state index in [2.05, 4.69) is 36.4 Å². The summed E-state index contributed by atoms with van der Waals surface area (Å²) in [6, 6.07) is 7.03. The molecule has 1 aromatic carbocycles. The number of rotatable bonds is 3. The number of aromatic amines is 1. The third kappa shape index (κ3) is 2.76. The van der Waals surface area contributed by atoms with Crippen molar-refractivity contribution in [3.05, 3.63) is 55.8 Å². The quantitative estimate of drug-likeness (QED) is 0.519. The average molecular weight is 397 g/mol. The Morgan fingerprint density at radius 2 is 2.17 bits per heavy atom. The van der Waals surface area contributed by atoms with Gasteiger partial charge in [-0.15, -0.1) is 5.10 Å². The highest BCUT2D eigenvalue weighted by molar-refractivity contribution is 9.10. The van der Waals surface area contributed by atoms with E-state index >= 15 is 0 Å². The van der Waals surface area contributed by atoms with E-state index in [9.17, 15) is 14.9 Å². The fraction of sp³-hybridized carbons (Fsp3) is 0. The van der Waals surface area contributed by atoms with E-state index in [1.807, 2.05) is 6.07 Å². The van der Waals surface area contributed by atoms with Crippen molar-refractivity contribution in [2.24, 2.45) is 0 Å². The molecule has 0 aliphatic rings. The van der Waals surface area contributed by atoms with E-state index in [1.54, 1.807) is 24.4 Å². The Balaban J connectivity index is 1.98. The van der Waals surface area contributed by atoms with Crippen LogP contribution in [0.15, 0.2) is 34.9 Å². The Labute approximate surface area is 142 Å². The van der Waals surface area contributed by atoms with Crippen LogP contribution in [0.3, 0.4) is 0 Å². The van der Waals surface area contributed by atoms with Crippen LogP contribution in [0.25, 0.3) is 10.9 Å². The van der Waals surface area contributed by atoms with Crippen molar-refractivity contribution in [2.45, 2.75) is 0 Å². The molecule has 0 aliphatic carbocycles. The molecule has 2 aromatic heterocycles. The molecular weight excluding hydrogens is 390 g/mol. The van der Waals surface area contributed by atoms with Crippen LogP contribution in [0.4, 0.5) is 11.5 Å². The minimum atomic E-state index is -0.747. The molecule has 0 radical (unpaired) electrons. The molecule has 0 bridgehead atoms. The molecule has 3 rings (SSSR count). The van der Waals surface area contributed by atoms with Gasteiger partial charge in [0, 0.05) is 16.1 Å². The van der Waals surface area contributed by atoms with Crippen LogP contribution in [0.2, 0.25) is 5.02 Å². The summed E-state index contributed by atoms with van der Waals surface area (Å²) in [6.45, 7) is 0. The Hall–Kier alpha value is -2.52. The molecule has 3 aromatic rings. The predicted octanol–water partition coefficient (Wildman–Crippen LogP) is 3.53. The number of carbonyl (C=O) groups excluding carboxylic acids is 1. The average Bonchev–Trinajstić information content (AvgIpc) is 2.92. The second kappa shape index (κ2) is 5.94. The number of hydrogen-bond donors (Lipinski definition) is 2. The van der Waals surface area contributed by atoms with Gasteiger partial charge >= 0.3 is 5.82 Å². The molecule has 116 valence electrons. The Morgan fingerprint density at radius 3 is 2.87 bits per heavy atom. The van der Waals surface area contributed by atoms with Crippen molar-refractivity contribution in [3.63, 3.8) is 0 Å². The van der Waals surface area contributed by atoms with E-state index in [1.165, 1.54) is 0 Å². The number of hydrogen-bond acceptors (Lipinski definition) is 5. The molecule has 2 heterocycles. The zero-order valence-electron chi connectivity index (χ0n) is 11.2. The maximum Gasteiger partial charge on any atom is 0.362 e. The molecule has 0 aliphatic heterocycles. The zero-order chi connectivity index (χ0) is 16.6. The summed E-state index contributed by atoms with van der Waals surface area (Å²) >= 11 is 9.21. The van der Waals surface area contributed by atoms with Crippen molar-refractivity contribution in [3.8, 4) is 0 Å². The lowest BCUT2D eigenvalue weighted by atomic mass is 10.2. The van der Waals surface area contributed by atoms with Crippen LogP contribution < -0.4 is 5.32 Å². The lowest BCUT2D eigenvalue weighted by Gasteiger charge is -2.08. The van der Waals surface area contributed by atoms with E-state index in [0.717, 1.165) is 9.86 Å². The van der Waals surface area contributed by atoms with Gasteiger partial charge in [-0.25, -0.2) is 0 Å². The fourth-order valence-electron chi connectivity index (χ4n) is 2.01. The van der Waals surface area contributed by atoms with Crippen LogP contribution >= 0.6 is 27.5 Å². The first-order chi connectivity index (χ1) is 11.0. The van der Waals surface area contributed by atoms with Crippen molar-refractivity contribution in [1.29, 1.82) is 0 Å². The van der Waals surface area contributed by atoms with Gasteiger partial charge in [-0.2, -0.15) is 0 Å². The highest BCUT2D eigenvalue weighted by Gasteiger charge is 2.25. The maximum atomic E-state index is 12.3. The van der Waals surface area contributed by atoms with Gasteiger partial charge in [0.25, 0.3) is 5.91 Å². The van der Waals surface area contributed by atoms with Crippen molar-refractivity contribution in [1.82, 2.24) is 15.2 Å². The van der Waals surface area contributed by atoms with Gasteiger partial charge in [0.05, 0.1) is 11.2 Å². The highest BCUT2D eigenvalue weighted by Crippen LogP contribution is 2.30. The summed E-state index contributed by atoms with van der Waals surface area (Å²) in [5.74, 6) is -1.20. The largest absolute Gasteiger partial charge is 0.362 e. The minimum absolute atomic E-state index is 0.259. The smallest absolute Gasteiger partial charge is 0.358 e. The predicted molar refractivity (Wildman–Crippen MR) is 87.6 cm³/mol. The van der Waals surface area contributed by atoms with Crippen LogP contribution in [-0.4, -0.2) is 26.0 Å². The molecular formula is C13H7BrClN5O3. The molecule has 2 N–H and O–H groups in total. The molecule has 23 heavy (non-hydrogen) atoms. The summed E-state index contributed by atoms with van der Waals surface area (Å²) in [6.07, 6.45) is 1.59. The van der Waals surface area contributed by atoms with Gasteiger partial charge in [-0.1, -0.05) is 38.7 Å². The number of pyridine rings is 1. The number of nitrogens with zero attached hydrogens (tertiary/aromatic N) is 3. The van der Waals surface area contributed by atoms with Gasteiger partial charge < -0.3 is 15.4 Å². The normalized spacial score (nSPS) is 10.7. The second-order valence-corrected chi connectivity index (χ2v) is 5.67. The number of carbonyl (C=O) groups is 1.